The quantitative estimate of drug-likeness (QED) is 0.703. The molecule has 1 heterocycles. The van der Waals surface area contributed by atoms with Gasteiger partial charge in [0.2, 0.25) is 0 Å². The van der Waals surface area contributed by atoms with E-state index >= 15 is 0 Å². The average molecular weight is 258 g/mol. The molecule has 0 saturated carbocycles. The number of rotatable bonds is 6. The maximum Gasteiger partial charge on any atom is 0.311 e. The summed E-state index contributed by atoms with van der Waals surface area (Å²) in [5, 5.41) is 9.35. The molecular weight excluding hydrogens is 236 g/mol. The van der Waals surface area contributed by atoms with Crippen LogP contribution in [0.5, 0.6) is 0 Å². The molecule has 1 aliphatic heterocycles. The van der Waals surface area contributed by atoms with Gasteiger partial charge in [-0.25, -0.2) is 0 Å². The van der Waals surface area contributed by atoms with Crippen molar-refractivity contribution in [3.63, 3.8) is 0 Å². The molecule has 1 rings (SSSR count). The Bertz CT molecular complexity index is 317. The van der Waals surface area contributed by atoms with Gasteiger partial charge < -0.3 is 20.5 Å². The summed E-state index contributed by atoms with van der Waals surface area (Å²) in [5.41, 5.74) is 4.65. The van der Waals surface area contributed by atoms with E-state index in [4.69, 9.17) is 10.5 Å². The molecule has 0 radical (unpaired) electrons. The van der Waals surface area contributed by atoms with Crippen LogP contribution in [0.15, 0.2) is 0 Å². The Morgan fingerprint density at radius 3 is 2.67 bits per heavy atom. The molecule has 2 atom stereocenters. The number of nitrogens with two attached hydrogens (primary N) is 1. The average Bonchev–Trinajstić information content (AvgIpc) is 2.76. The van der Waals surface area contributed by atoms with Gasteiger partial charge in [0.25, 0.3) is 5.91 Å². The fourth-order valence-electron chi connectivity index (χ4n) is 2.53. The molecule has 18 heavy (non-hydrogen) atoms. The summed E-state index contributed by atoms with van der Waals surface area (Å²) in [4.78, 5) is 25.0. The summed E-state index contributed by atoms with van der Waals surface area (Å²) in [7, 11) is 1.43. The Morgan fingerprint density at radius 2 is 2.22 bits per heavy atom. The number of carbonyl (C=O) groups is 2. The molecule has 104 valence electrons. The van der Waals surface area contributed by atoms with Gasteiger partial charge in [-0.2, -0.15) is 0 Å². The number of nitrogens with zero attached hydrogens (tertiary/aromatic N) is 1. The number of hydrogen-bond acceptors (Lipinski definition) is 4. The summed E-state index contributed by atoms with van der Waals surface area (Å²) in [6.07, 6.45) is 1.21. The number of methoxy groups -OCH3 is 1. The van der Waals surface area contributed by atoms with E-state index in [1.54, 1.807) is 4.90 Å². The predicted molar refractivity (Wildman–Crippen MR) is 66.0 cm³/mol. The van der Waals surface area contributed by atoms with Crippen molar-refractivity contribution in [2.45, 2.75) is 32.3 Å². The predicted octanol–water partition coefficient (Wildman–Crippen LogP) is 0.0635. The van der Waals surface area contributed by atoms with Gasteiger partial charge in [0, 0.05) is 26.7 Å². The highest BCUT2D eigenvalue weighted by atomic mass is 16.5. The first-order valence-electron chi connectivity index (χ1n) is 6.25. The molecule has 0 aliphatic carbocycles. The van der Waals surface area contributed by atoms with Crippen molar-refractivity contribution in [3.05, 3.63) is 0 Å². The molecule has 6 heteroatoms. The lowest BCUT2D eigenvalue weighted by molar-refractivity contribution is -0.149. The van der Waals surface area contributed by atoms with Crippen molar-refractivity contribution in [1.29, 1.82) is 0 Å². The minimum Gasteiger partial charge on any atom is -0.481 e. The molecule has 0 spiro atoms. The number of likely N-dealkylation sites (tertiary alicyclic amines) is 1. The molecule has 0 aromatic carbocycles. The maximum absolute atomic E-state index is 12.1. The van der Waals surface area contributed by atoms with Gasteiger partial charge in [-0.1, -0.05) is 13.3 Å². The van der Waals surface area contributed by atoms with Gasteiger partial charge in [0.05, 0.1) is 5.41 Å². The zero-order valence-corrected chi connectivity index (χ0v) is 11.0. The van der Waals surface area contributed by atoms with E-state index in [-0.39, 0.29) is 19.0 Å². The highest BCUT2D eigenvalue weighted by molar-refractivity contribution is 5.83. The van der Waals surface area contributed by atoms with Crippen LogP contribution in [-0.4, -0.2) is 54.7 Å². The zero-order valence-electron chi connectivity index (χ0n) is 11.0. The third-order valence-corrected chi connectivity index (χ3v) is 3.62. The van der Waals surface area contributed by atoms with Gasteiger partial charge in [0.1, 0.15) is 6.10 Å². The SMILES string of the molecule is CCCC1(C(=O)O)CCN(C(=O)C(CN)OC)C1. The van der Waals surface area contributed by atoms with Crippen LogP contribution >= 0.6 is 0 Å². The number of hydrogen-bond donors (Lipinski definition) is 2. The largest absolute Gasteiger partial charge is 0.481 e. The van der Waals surface area contributed by atoms with Crippen LogP contribution in [0.4, 0.5) is 0 Å². The van der Waals surface area contributed by atoms with Crippen LogP contribution < -0.4 is 5.73 Å². The molecule has 0 aromatic heterocycles. The number of carboxylic acids is 1. The molecule has 0 bridgehead atoms. The van der Waals surface area contributed by atoms with Crippen LogP contribution in [0.25, 0.3) is 0 Å². The molecule has 1 fully saturated rings. The Hall–Kier alpha value is -1.14. The summed E-state index contributed by atoms with van der Waals surface area (Å²) in [5.74, 6) is -1.03. The van der Waals surface area contributed by atoms with Crippen LogP contribution in [0.3, 0.4) is 0 Å². The van der Waals surface area contributed by atoms with Gasteiger partial charge in [0.15, 0.2) is 0 Å². The smallest absolute Gasteiger partial charge is 0.311 e. The van der Waals surface area contributed by atoms with Crippen LogP contribution in [0.1, 0.15) is 26.2 Å². The molecule has 3 N–H and O–H groups in total. The summed E-state index contributed by atoms with van der Waals surface area (Å²) < 4.78 is 5.00. The first kappa shape index (κ1) is 14.9. The fraction of sp³-hybridized carbons (Fsp3) is 0.833. The first-order chi connectivity index (χ1) is 8.50. The van der Waals surface area contributed by atoms with Gasteiger partial charge >= 0.3 is 5.97 Å². The van der Waals surface area contributed by atoms with E-state index in [0.717, 1.165) is 6.42 Å². The lowest BCUT2D eigenvalue weighted by Gasteiger charge is -2.25. The molecule has 0 aromatic rings. The Morgan fingerprint density at radius 1 is 1.56 bits per heavy atom. The van der Waals surface area contributed by atoms with E-state index in [2.05, 4.69) is 0 Å². The van der Waals surface area contributed by atoms with E-state index < -0.39 is 17.5 Å². The van der Waals surface area contributed by atoms with Gasteiger partial charge in [-0.15, -0.1) is 0 Å². The second-order valence-electron chi connectivity index (χ2n) is 4.81. The van der Waals surface area contributed by atoms with E-state index in [9.17, 15) is 14.7 Å². The lowest BCUT2D eigenvalue weighted by atomic mass is 9.83. The fourth-order valence-corrected chi connectivity index (χ4v) is 2.53. The summed E-state index contributed by atoms with van der Waals surface area (Å²) >= 11 is 0. The van der Waals surface area contributed by atoms with E-state index in [0.29, 0.717) is 19.4 Å². The van der Waals surface area contributed by atoms with Gasteiger partial charge in [-0.05, 0) is 12.8 Å². The Kier molecular flexibility index (Phi) is 5.10. The Labute approximate surface area is 107 Å². The monoisotopic (exact) mass is 258 g/mol. The van der Waals surface area contributed by atoms with Crippen molar-refractivity contribution in [2.24, 2.45) is 11.1 Å². The third kappa shape index (κ3) is 2.81. The Balaban J connectivity index is 2.74. The highest BCUT2D eigenvalue weighted by Crippen LogP contribution is 2.35. The topological polar surface area (TPSA) is 92.9 Å². The third-order valence-electron chi connectivity index (χ3n) is 3.62. The maximum atomic E-state index is 12.1. The standard InChI is InChI=1S/C12H22N2O4/c1-3-4-12(11(16)17)5-6-14(8-12)10(15)9(7-13)18-2/h9H,3-8,13H2,1-2H3,(H,16,17). The summed E-state index contributed by atoms with van der Waals surface area (Å²) in [6, 6.07) is 0. The van der Waals surface area contributed by atoms with Crippen LogP contribution in [0, 0.1) is 5.41 Å². The second kappa shape index (κ2) is 6.15. The van der Waals surface area contributed by atoms with Crippen molar-refractivity contribution < 1.29 is 19.4 Å². The van der Waals surface area contributed by atoms with Crippen molar-refractivity contribution >= 4 is 11.9 Å². The van der Waals surface area contributed by atoms with Crippen molar-refractivity contribution in [2.75, 3.05) is 26.7 Å². The number of aliphatic carboxylic acids is 1. The summed E-state index contributed by atoms with van der Waals surface area (Å²) in [6.45, 7) is 2.78. The molecule has 1 aliphatic rings. The molecule has 1 saturated heterocycles. The van der Waals surface area contributed by atoms with E-state index in [1.165, 1.54) is 7.11 Å². The molecular formula is C12H22N2O4. The highest BCUT2D eigenvalue weighted by Gasteiger charge is 2.46. The zero-order chi connectivity index (χ0) is 13.8. The van der Waals surface area contributed by atoms with Crippen molar-refractivity contribution in [3.8, 4) is 0 Å². The molecule has 6 nitrogen and oxygen atoms in total. The van der Waals surface area contributed by atoms with Crippen LogP contribution in [-0.2, 0) is 14.3 Å². The number of carboxylic acid groups (broad SMARTS) is 1. The molecule has 1 amide bonds. The number of amides is 1. The van der Waals surface area contributed by atoms with Crippen molar-refractivity contribution in [1.82, 2.24) is 4.90 Å². The lowest BCUT2D eigenvalue weighted by Crippen LogP contribution is -2.44. The first-order valence-corrected chi connectivity index (χ1v) is 6.25. The van der Waals surface area contributed by atoms with Crippen LogP contribution in [0.2, 0.25) is 0 Å². The number of ether oxygens (including phenoxy) is 1. The van der Waals surface area contributed by atoms with E-state index in [1.807, 2.05) is 6.92 Å². The normalized spacial score (nSPS) is 25.2. The minimum absolute atomic E-state index is 0.111. The minimum atomic E-state index is -0.818. The second-order valence-corrected chi connectivity index (χ2v) is 4.81. The molecule has 2 unspecified atom stereocenters. The van der Waals surface area contributed by atoms with Gasteiger partial charge in [-0.3, -0.25) is 9.59 Å². The number of carbonyl (C=O) groups excluding carboxylic acids is 1.